The number of aryl methyl sites for hydroxylation is 2. The van der Waals surface area contributed by atoms with Gasteiger partial charge in [-0.1, -0.05) is 42.5 Å². The van der Waals surface area contributed by atoms with Gasteiger partial charge < -0.3 is 10.3 Å². The Morgan fingerprint density at radius 1 is 0.962 bits per heavy atom. The predicted molar refractivity (Wildman–Crippen MR) is 103 cm³/mol. The fourth-order valence-corrected chi connectivity index (χ4v) is 2.92. The van der Waals surface area contributed by atoms with Gasteiger partial charge in [0.2, 0.25) is 5.91 Å². The smallest absolute Gasteiger partial charge is 0.258 e. The Kier molecular flexibility index (Phi) is 6.14. The molecule has 2 N–H and O–H groups in total. The molecule has 1 aromatic heterocycles. The molecule has 26 heavy (non-hydrogen) atoms. The topological polar surface area (TPSA) is 74.8 Å². The molecule has 0 bridgehead atoms. The molecular weight excluding hydrogens is 326 g/mol. The van der Waals surface area contributed by atoms with Crippen molar-refractivity contribution >= 4 is 16.8 Å². The Labute approximate surface area is 152 Å². The third kappa shape index (κ3) is 5.02. The molecule has 0 radical (unpaired) electrons. The molecule has 0 atom stereocenters. The van der Waals surface area contributed by atoms with Gasteiger partial charge in [0.15, 0.2) is 0 Å². The zero-order valence-corrected chi connectivity index (χ0v) is 14.7. The molecule has 1 heterocycles. The number of benzene rings is 2. The van der Waals surface area contributed by atoms with E-state index in [1.165, 1.54) is 5.56 Å². The first-order chi connectivity index (χ1) is 12.7. The van der Waals surface area contributed by atoms with Crippen LogP contribution in [-0.4, -0.2) is 22.4 Å². The van der Waals surface area contributed by atoms with Crippen LogP contribution in [-0.2, 0) is 17.6 Å². The lowest BCUT2D eigenvalue weighted by atomic mass is 10.1. The molecule has 1 amide bonds. The Balaban J connectivity index is 1.39. The Morgan fingerprint density at radius 3 is 2.58 bits per heavy atom. The van der Waals surface area contributed by atoms with Crippen molar-refractivity contribution < 1.29 is 4.79 Å². The number of amides is 1. The van der Waals surface area contributed by atoms with Crippen LogP contribution in [0.4, 0.5) is 0 Å². The van der Waals surface area contributed by atoms with E-state index in [2.05, 4.69) is 27.4 Å². The monoisotopic (exact) mass is 349 g/mol. The van der Waals surface area contributed by atoms with Gasteiger partial charge in [-0.05, 0) is 37.0 Å². The number of fused-ring (bicyclic) bond motifs is 1. The number of carbonyl (C=O) groups excluding carboxylic acids is 1. The van der Waals surface area contributed by atoms with Crippen molar-refractivity contribution in [3.8, 4) is 0 Å². The van der Waals surface area contributed by atoms with Crippen LogP contribution < -0.4 is 10.9 Å². The highest BCUT2D eigenvalue weighted by molar-refractivity contribution is 5.77. The van der Waals surface area contributed by atoms with Crippen LogP contribution in [0.15, 0.2) is 59.4 Å². The number of nitrogens with one attached hydrogen (secondary N) is 2. The molecule has 5 heteroatoms. The Bertz CT molecular complexity index is 919. The lowest BCUT2D eigenvalue weighted by Gasteiger charge is -2.06. The number of carbonyl (C=O) groups is 1. The van der Waals surface area contributed by atoms with E-state index < -0.39 is 0 Å². The second kappa shape index (κ2) is 8.94. The van der Waals surface area contributed by atoms with Crippen molar-refractivity contribution in [2.75, 3.05) is 6.54 Å². The number of hydrogen-bond acceptors (Lipinski definition) is 3. The summed E-state index contributed by atoms with van der Waals surface area (Å²) >= 11 is 0. The van der Waals surface area contributed by atoms with Crippen LogP contribution in [0.1, 0.15) is 30.7 Å². The van der Waals surface area contributed by atoms with Crippen LogP contribution in [0.5, 0.6) is 0 Å². The number of rotatable bonds is 8. The highest BCUT2D eigenvalue weighted by Gasteiger charge is 2.05. The molecule has 0 unspecified atom stereocenters. The molecule has 3 rings (SSSR count). The standard InChI is InChI=1S/C21H23N3O2/c25-20(22-15-7-10-16-8-2-1-3-9-16)14-6-13-19-23-18-12-5-4-11-17(18)21(26)24-19/h1-5,8-9,11-12H,6-7,10,13-15H2,(H,22,25)(H,23,24,26). The highest BCUT2D eigenvalue weighted by Crippen LogP contribution is 2.07. The number of aromatic nitrogens is 2. The summed E-state index contributed by atoms with van der Waals surface area (Å²) in [6.45, 7) is 0.679. The van der Waals surface area contributed by atoms with Crippen molar-refractivity contribution in [2.45, 2.75) is 32.1 Å². The molecular formula is C21H23N3O2. The molecule has 0 saturated carbocycles. The molecule has 0 saturated heterocycles. The first-order valence-corrected chi connectivity index (χ1v) is 9.01. The molecule has 0 aliphatic rings. The van der Waals surface area contributed by atoms with E-state index in [0.29, 0.717) is 42.5 Å². The highest BCUT2D eigenvalue weighted by atomic mass is 16.1. The first kappa shape index (κ1) is 17.9. The van der Waals surface area contributed by atoms with E-state index in [1.54, 1.807) is 6.07 Å². The fraction of sp³-hybridized carbons (Fsp3) is 0.286. The molecule has 0 aliphatic heterocycles. The molecule has 5 nitrogen and oxygen atoms in total. The first-order valence-electron chi connectivity index (χ1n) is 9.01. The second-order valence-electron chi connectivity index (χ2n) is 6.32. The zero-order valence-electron chi connectivity index (χ0n) is 14.7. The summed E-state index contributed by atoms with van der Waals surface area (Å²) in [7, 11) is 0. The van der Waals surface area contributed by atoms with Gasteiger partial charge in [0.05, 0.1) is 10.9 Å². The van der Waals surface area contributed by atoms with Crippen LogP contribution in [0, 0.1) is 0 Å². The van der Waals surface area contributed by atoms with Crippen LogP contribution in [0.2, 0.25) is 0 Å². The van der Waals surface area contributed by atoms with E-state index in [1.807, 2.05) is 36.4 Å². The largest absolute Gasteiger partial charge is 0.356 e. The molecule has 134 valence electrons. The minimum absolute atomic E-state index is 0.0428. The predicted octanol–water partition coefficient (Wildman–Crippen LogP) is 2.99. The summed E-state index contributed by atoms with van der Waals surface area (Å²) in [5, 5.41) is 3.54. The average Bonchev–Trinajstić information content (AvgIpc) is 2.66. The minimum atomic E-state index is -0.129. The maximum atomic E-state index is 12.0. The molecule has 0 spiro atoms. The number of para-hydroxylation sites is 1. The second-order valence-corrected chi connectivity index (χ2v) is 6.32. The van der Waals surface area contributed by atoms with Crippen LogP contribution >= 0.6 is 0 Å². The molecule has 0 fully saturated rings. The molecule has 2 aromatic carbocycles. The maximum Gasteiger partial charge on any atom is 0.258 e. The van der Waals surface area contributed by atoms with E-state index in [-0.39, 0.29) is 11.5 Å². The van der Waals surface area contributed by atoms with Gasteiger partial charge in [-0.3, -0.25) is 9.59 Å². The van der Waals surface area contributed by atoms with Crippen molar-refractivity contribution in [3.63, 3.8) is 0 Å². The van der Waals surface area contributed by atoms with Crippen LogP contribution in [0.3, 0.4) is 0 Å². The fourth-order valence-electron chi connectivity index (χ4n) is 2.92. The van der Waals surface area contributed by atoms with Gasteiger partial charge in [0, 0.05) is 19.4 Å². The number of H-pyrrole nitrogens is 1. The minimum Gasteiger partial charge on any atom is -0.356 e. The van der Waals surface area contributed by atoms with E-state index in [4.69, 9.17) is 0 Å². The van der Waals surface area contributed by atoms with Crippen molar-refractivity contribution in [1.82, 2.24) is 15.3 Å². The third-order valence-corrected chi connectivity index (χ3v) is 4.29. The van der Waals surface area contributed by atoms with Gasteiger partial charge >= 0.3 is 0 Å². The molecule has 0 aliphatic carbocycles. The van der Waals surface area contributed by atoms with Gasteiger partial charge in [-0.15, -0.1) is 0 Å². The SMILES string of the molecule is O=C(CCCc1nc2ccccc2c(=O)[nH]1)NCCCc1ccccc1. The van der Waals surface area contributed by atoms with Gasteiger partial charge in [-0.2, -0.15) is 0 Å². The summed E-state index contributed by atoms with van der Waals surface area (Å²) in [6.07, 6.45) is 3.56. The lowest BCUT2D eigenvalue weighted by molar-refractivity contribution is -0.121. The maximum absolute atomic E-state index is 12.0. The zero-order chi connectivity index (χ0) is 18.2. The summed E-state index contributed by atoms with van der Waals surface area (Å²) in [4.78, 5) is 31.2. The summed E-state index contributed by atoms with van der Waals surface area (Å²) in [5.74, 6) is 0.673. The van der Waals surface area contributed by atoms with E-state index >= 15 is 0 Å². The number of aromatic amines is 1. The third-order valence-electron chi connectivity index (χ3n) is 4.29. The summed E-state index contributed by atoms with van der Waals surface area (Å²) < 4.78 is 0. The van der Waals surface area contributed by atoms with E-state index in [0.717, 1.165) is 12.8 Å². The summed E-state index contributed by atoms with van der Waals surface area (Å²) in [6, 6.07) is 17.5. The van der Waals surface area contributed by atoms with Crippen LogP contribution in [0.25, 0.3) is 10.9 Å². The summed E-state index contributed by atoms with van der Waals surface area (Å²) in [5.41, 5.74) is 1.85. The van der Waals surface area contributed by atoms with Gasteiger partial charge in [-0.25, -0.2) is 4.98 Å². The van der Waals surface area contributed by atoms with Crippen molar-refractivity contribution in [1.29, 1.82) is 0 Å². The van der Waals surface area contributed by atoms with Gasteiger partial charge in [0.1, 0.15) is 5.82 Å². The Morgan fingerprint density at radius 2 is 1.73 bits per heavy atom. The van der Waals surface area contributed by atoms with E-state index in [9.17, 15) is 9.59 Å². The van der Waals surface area contributed by atoms with Crippen molar-refractivity contribution in [2.24, 2.45) is 0 Å². The van der Waals surface area contributed by atoms with Gasteiger partial charge in [0.25, 0.3) is 5.56 Å². The lowest BCUT2D eigenvalue weighted by Crippen LogP contribution is -2.24. The number of hydrogen-bond donors (Lipinski definition) is 2. The number of nitrogens with zero attached hydrogens (tertiary/aromatic N) is 1. The Hall–Kier alpha value is -2.95. The quantitative estimate of drug-likeness (QED) is 0.614. The van der Waals surface area contributed by atoms with Crippen molar-refractivity contribution in [3.05, 3.63) is 76.3 Å². The molecule has 3 aromatic rings. The average molecular weight is 349 g/mol. The normalized spacial score (nSPS) is 10.8.